The van der Waals surface area contributed by atoms with Crippen molar-refractivity contribution in [1.82, 2.24) is 14.9 Å². The summed E-state index contributed by atoms with van der Waals surface area (Å²) in [5.74, 6) is 0.251. The second kappa shape index (κ2) is 9.84. The second-order valence-electron chi connectivity index (χ2n) is 8.79. The van der Waals surface area contributed by atoms with Crippen LogP contribution in [-0.2, 0) is 9.47 Å². The lowest BCUT2D eigenvalue weighted by Crippen LogP contribution is -2.61. The van der Waals surface area contributed by atoms with Crippen molar-refractivity contribution in [3.8, 4) is 5.88 Å². The number of alkyl halides is 3. The number of hydrogen-bond donors (Lipinski definition) is 1. The number of fused-ring (bicyclic) bond motifs is 2. The second-order valence-corrected chi connectivity index (χ2v) is 8.79. The van der Waals surface area contributed by atoms with Gasteiger partial charge in [-0.3, -0.25) is 4.90 Å². The number of aromatic nitrogens is 2. The molecule has 2 bridgehead atoms. The first kappa shape index (κ1) is 25.0. The SMILES string of the molecule is Cc1ccc(Nc2ncnc(OC3CC4COCC(C3)N4C(=O)OC(C)C(F)(F)F)c2C)c(F)c1. The van der Waals surface area contributed by atoms with Gasteiger partial charge in [0.05, 0.1) is 36.5 Å². The number of amides is 1. The van der Waals surface area contributed by atoms with Crippen molar-refractivity contribution in [3.05, 3.63) is 41.5 Å². The van der Waals surface area contributed by atoms with E-state index in [4.69, 9.17) is 9.47 Å². The summed E-state index contributed by atoms with van der Waals surface area (Å²) in [5, 5.41) is 2.95. The Labute approximate surface area is 199 Å². The Bertz CT molecular complexity index is 1070. The van der Waals surface area contributed by atoms with Crippen LogP contribution >= 0.6 is 0 Å². The Morgan fingerprint density at radius 3 is 2.51 bits per heavy atom. The zero-order valence-corrected chi connectivity index (χ0v) is 19.4. The van der Waals surface area contributed by atoms with Gasteiger partial charge in [-0.25, -0.2) is 19.2 Å². The maximum atomic E-state index is 14.3. The molecule has 2 aliphatic heterocycles. The summed E-state index contributed by atoms with van der Waals surface area (Å²) in [6.07, 6.45) is -6.28. The largest absolute Gasteiger partial charge is 0.474 e. The number of halogens is 4. The van der Waals surface area contributed by atoms with Gasteiger partial charge in [0.15, 0.2) is 6.10 Å². The van der Waals surface area contributed by atoms with Crippen LogP contribution < -0.4 is 10.1 Å². The van der Waals surface area contributed by atoms with Crippen molar-refractivity contribution < 1.29 is 36.6 Å². The molecule has 2 aliphatic rings. The first-order valence-corrected chi connectivity index (χ1v) is 11.2. The third-order valence-corrected chi connectivity index (χ3v) is 6.12. The van der Waals surface area contributed by atoms with Crippen LogP contribution in [0, 0.1) is 19.7 Å². The van der Waals surface area contributed by atoms with Gasteiger partial charge in [0.2, 0.25) is 5.88 Å². The van der Waals surface area contributed by atoms with E-state index in [0.717, 1.165) is 12.5 Å². The summed E-state index contributed by atoms with van der Waals surface area (Å²) in [6, 6.07) is 3.80. The number of rotatable bonds is 5. The molecular weight excluding hydrogens is 472 g/mol. The van der Waals surface area contributed by atoms with Gasteiger partial charge < -0.3 is 19.5 Å². The molecule has 1 aromatic carbocycles. The standard InChI is InChI=1S/C23H26F4N4O4/c1-12-4-5-19(18(24)6-12)30-20-13(2)21(29-11-28-20)35-17-7-15-9-33-10-16(8-17)31(15)22(32)34-14(3)23(25,26)27/h4-6,11,14-17H,7-10H2,1-3H3,(H,28,29,30). The molecular formula is C23H26F4N4O4. The molecule has 3 unspecified atom stereocenters. The molecule has 3 atom stereocenters. The van der Waals surface area contributed by atoms with Gasteiger partial charge in [0.25, 0.3) is 0 Å². The Morgan fingerprint density at radius 2 is 1.89 bits per heavy atom. The van der Waals surface area contributed by atoms with Crippen molar-refractivity contribution in [2.24, 2.45) is 0 Å². The molecule has 1 N–H and O–H groups in total. The molecule has 0 spiro atoms. The van der Waals surface area contributed by atoms with Gasteiger partial charge in [-0.05, 0) is 38.5 Å². The monoisotopic (exact) mass is 498 g/mol. The van der Waals surface area contributed by atoms with Crippen LogP contribution in [0.2, 0.25) is 0 Å². The highest BCUT2D eigenvalue weighted by molar-refractivity contribution is 5.69. The molecule has 0 aliphatic carbocycles. The average Bonchev–Trinajstić information content (AvgIpc) is 2.77. The summed E-state index contributed by atoms with van der Waals surface area (Å²) in [4.78, 5) is 22.2. The summed E-state index contributed by atoms with van der Waals surface area (Å²) in [7, 11) is 0. The molecule has 1 aromatic heterocycles. The Kier molecular flexibility index (Phi) is 7.02. The quantitative estimate of drug-likeness (QED) is 0.600. The van der Waals surface area contributed by atoms with Gasteiger partial charge in [-0.1, -0.05) is 6.07 Å². The van der Waals surface area contributed by atoms with Crippen LogP contribution in [0.25, 0.3) is 0 Å². The third kappa shape index (κ3) is 5.58. The van der Waals surface area contributed by atoms with Gasteiger partial charge in [0, 0.05) is 12.8 Å². The molecule has 35 heavy (non-hydrogen) atoms. The van der Waals surface area contributed by atoms with Crippen LogP contribution in [0.1, 0.15) is 30.9 Å². The zero-order valence-electron chi connectivity index (χ0n) is 19.4. The van der Waals surface area contributed by atoms with Crippen molar-refractivity contribution in [2.75, 3.05) is 18.5 Å². The molecule has 0 saturated carbocycles. The number of piperidine rings is 1. The predicted molar refractivity (Wildman–Crippen MR) is 117 cm³/mol. The van der Waals surface area contributed by atoms with E-state index in [0.29, 0.717) is 30.1 Å². The average molecular weight is 498 g/mol. The molecule has 4 rings (SSSR count). The van der Waals surface area contributed by atoms with Crippen LogP contribution in [0.15, 0.2) is 24.5 Å². The van der Waals surface area contributed by atoms with E-state index >= 15 is 0 Å². The van der Waals surface area contributed by atoms with Crippen LogP contribution in [0.4, 0.5) is 33.9 Å². The normalized spacial score (nSPS) is 22.9. The van der Waals surface area contributed by atoms with Gasteiger partial charge in [0.1, 0.15) is 24.1 Å². The number of anilines is 2. The Hall–Kier alpha value is -3.15. The van der Waals surface area contributed by atoms with E-state index < -0.39 is 36.3 Å². The summed E-state index contributed by atoms with van der Waals surface area (Å²) in [6.45, 7) is 4.64. The highest BCUT2D eigenvalue weighted by Gasteiger charge is 2.46. The molecule has 2 saturated heterocycles. The number of carbonyl (C=O) groups excluding carboxylic acids is 1. The first-order chi connectivity index (χ1) is 16.5. The van der Waals surface area contributed by atoms with Crippen molar-refractivity contribution in [3.63, 3.8) is 0 Å². The van der Waals surface area contributed by atoms with E-state index in [9.17, 15) is 22.4 Å². The molecule has 2 aromatic rings. The summed E-state index contributed by atoms with van der Waals surface area (Å²) >= 11 is 0. The minimum absolute atomic E-state index is 0.161. The van der Waals surface area contributed by atoms with Crippen LogP contribution in [0.5, 0.6) is 5.88 Å². The van der Waals surface area contributed by atoms with Crippen LogP contribution in [-0.4, -0.2) is 64.6 Å². The van der Waals surface area contributed by atoms with E-state index in [1.807, 2.05) is 0 Å². The fourth-order valence-corrected chi connectivity index (χ4v) is 4.22. The number of ether oxygens (including phenoxy) is 3. The number of aryl methyl sites for hydroxylation is 1. The first-order valence-electron chi connectivity index (χ1n) is 11.2. The van der Waals surface area contributed by atoms with E-state index in [1.165, 1.54) is 17.3 Å². The van der Waals surface area contributed by atoms with E-state index in [1.54, 1.807) is 26.0 Å². The fourth-order valence-electron chi connectivity index (χ4n) is 4.22. The highest BCUT2D eigenvalue weighted by atomic mass is 19.4. The minimum atomic E-state index is -4.64. The lowest BCUT2D eigenvalue weighted by Gasteiger charge is -2.47. The number of morpholine rings is 1. The molecule has 8 nitrogen and oxygen atoms in total. The van der Waals surface area contributed by atoms with Crippen molar-refractivity contribution in [2.45, 2.75) is 64.1 Å². The highest BCUT2D eigenvalue weighted by Crippen LogP contribution is 2.34. The third-order valence-electron chi connectivity index (χ3n) is 6.12. The summed E-state index contributed by atoms with van der Waals surface area (Å²) < 4.78 is 69.1. The molecule has 3 heterocycles. The lowest BCUT2D eigenvalue weighted by atomic mass is 9.92. The lowest BCUT2D eigenvalue weighted by molar-refractivity contribution is -0.203. The molecule has 190 valence electrons. The topological polar surface area (TPSA) is 85.8 Å². The van der Waals surface area contributed by atoms with Gasteiger partial charge in [-0.15, -0.1) is 0 Å². The smallest absolute Gasteiger partial charge is 0.425 e. The van der Waals surface area contributed by atoms with Crippen molar-refractivity contribution in [1.29, 1.82) is 0 Å². The fraction of sp³-hybridized carbons (Fsp3) is 0.522. The molecule has 1 amide bonds. The molecule has 12 heteroatoms. The van der Waals surface area contributed by atoms with E-state index in [2.05, 4.69) is 20.0 Å². The van der Waals surface area contributed by atoms with Gasteiger partial charge >= 0.3 is 12.3 Å². The number of nitrogens with one attached hydrogen (secondary N) is 1. The Balaban J connectivity index is 1.45. The maximum absolute atomic E-state index is 14.3. The van der Waals surface area contributed by atoms with Gasteiger partial charge in [-0.2, -0.15) is 13.2 Å². The number of nitrogens with zero attached hydrogens (tertiary/aromatic N) is 3. The minimum Gasteiger partial charge on any atom is -0.474 e. The molecule has 0 radical (unpaired) electrons. The van der Waals surface area contributed by atoms with Crippen LogP contribution in [0.3, 0.4) is 0 Å². The van der Waals surface area contributed by atoms with E-state index in [-0.39, 0.29) is 25.0 Å². The maximum Gasteiger partial charge on any atom is 0.425 e. The Morgan fingerprint density at radius 1 is 1.20 bits per heavy atom. The number of hydrogen-bond acceptors (Lipinski definition) is 7. The van der Waals surface area contributed by atoms with Crippen molar-refractivity contribution >= 4 is 17.6 Å². The predicted octanol–water partition coefficient (Wildman–Crippen LogP) is 4.67. The molecule has 2 fully saturated rings. The zero-order chi connectivity index (χ0) is 25.3. The summed E-state index contributed by atoms with van der Waals surface area (Å²) in [5.41, 5.74) is 1.61. The number of carbonyl (C=O) groups is 1. The number of benzene rings is 1.